The van der Waals surface area contributed by atoms with Crippen LogP contribution in [0.5, 0.6) is 0 Å². The van der Waals surface area contributed by atoms with Gasteiger partial charge in [0.2, 0.25) is 10.0 Å². The Morgan fingerprint density at radius 3 is 2.24 bits per heavy atom. The number of benzene rings is 1. The average Bonchev–Trinajstić information content (AvgIpc) is 3.51. The smallest absolute Gasteiger partial charge is 0.264 e. The first-order chi connectivity index (χ1) is 13.9. The molecule has 2 aromatic rings. The second-order valence-electron chi connectivity index (χ2n) is 7.71. The number of hydrogen-bond acceptors (Lipinski definition) is 7. The third kappa shape index (κ3) is 4.20. The van der Waals surface area contributed by atoms with Gasteiger partial charge in [0.1, 0.15) is 4.75 Å². The summed E-state index contributed by atoms with van der Waals surface area (Å²) in [5.74, 6) is -0.612. The number of hydrogen-bond donors (Lipinski definition) is 2. The zero-order valence-electron chi connectivity index (χ0n) is 16.1. The van der Waals surface area contributed by atoms with Crippen molar-refractivity contribution in [2.24, 2.45) is 0 Å². The van der Waals surface area contributed by atoms with E-state index in [0.717, 1.165) is 31.9 Å². The molecular weight excluding hydrogens is 390 g/mol. The van der Waals surface area contributed by atoms with E-state index in [-0.39, 0.29) is 5.56 Å². The molecule has 9 heteroatoms. The number of carbonyl (C=O) groups is 1. The molecule has 154 valence electrons. The number of nitrogen functional groups attached to an aromatic ring is 1. The fourth-order valence-corrected chi connectivity index (χ4v) is 5.27. The van der Waals surface area contributed by atoms with Crippen LogP contribution in [0.3, 0.4) is 0 Å². The van der Waals surface area contributed by atoms with E-state index in [1.54, 1.807) is 24.5 Å². The summed E-state index contributed by atoms with van der Waals surface area (Å²) in [5, 5.41) is 0. The van der Waals surface area contributed by atoms with Crippen molar-refractivity contribution in [1.82, 2.24) is 14.6 Å². The van der Waals surface area contributed by atoms with Gasteiger partial charge in [-0.1, -0.05) is 0 Å². The van der Waals surface area contributed by atoms with E-state index in [1.807, 2.05) is 12.1 Å². The molecule has 4 rings (SSSR count). The molecule has 29 heavy (non-hydrogen) atoms. The van der Waals surface area contributed by atoms with Gasteiger partial charge in [0.25, 0.3) is 5.91 Å². The highest BCUT2D eigenvalue weighted by Crippen LogP contribution is 2.44. The first-order valence-corrected chi connectivity index (χ1v) is 11.2. The molecular formula is C20H25N5O3S. The molecule has 2 heterocycles. The van der Waals surface area contributed by atoms with Crippen molar-refractivity contribution in [2.45, 2.75) is 17.6 Å². The van der Waals surface area contributed by atoms with Crippen molar-refractivity contribution < 1.29 is 13.2 Å². The Hall–Kier alpha value is -2.65. The predicted molar refractivity (Wildman–Crippen MR) is 112 cm³/mol. The minimum absolute atomic E-state index is 0.282. The zero-order chi connectivity index (χ0) is 20.5. The van der Waals surface area contributed by atoms with Gasteiger partial charge in [-0.3, -0.25) is 14.7 Å². The van der Waals surface area contributed by atoms with E-state index < -0.39 is 20.7 Å². The van der Waals surface area contributed by atoms with Gasteiger partial charge in [0, 0.05) is 62.1 Å². The highest BCUT2D eigenvalue weighted by atomic mass is 32.2. The molecule has 2 fully saturated rings. The predicted octanol–water partition coefficient (Wildman–Crippen LogP) is 1.08. The molecule has 0 unspecified atom stereocenters. The molecule has 1 aliphatic heterocycles. The molecule has 0 atom stereocenters. The van der Waals surface area contributed by atoms with Gasteiger partial charge in [-0.15, -0.1) is 0 Å². The summed E-state index contributed by atoms with van der Waals surface area (Å²) in [6.07, 6.45) is 4.69. The van der Waals surface area contributed by atoms with Gasteiger partial charge in [-0.05, 0) is 49.2 Å². The summed E-state index contributed by atoms with van der Waals surface area (Å²) < 4.78 is 27.2. The Balaban J connectivity index is 1.36. The lowest BCUT2D eigenvalue weighted by Crippen LogP contribution is -2.52. The van der Waals surface area contributed by atoms with E-state index in [1.165, 1.54) is 12.1 Å². The van der Waals surface area contributed by atoms with Gasteiger partial charge < -0.3 is 10.6 Å². The fraction of sp³-hybridized carbons (Fsp3) is 0.400. The van der Waals surface area contributed by atoms with Crippen molar-refractivity contribution in [1.29, 1.82) is 0 Å². The normalized spacial score (nSPS) is 19.0. The fourth-order valence-electron chi connectivity index (χ4n) is 3.70. The number of aromatic nitrogens is 1. The van der Waals surface area contributed by atoms with Crippen LogP contribution in [0.2, 0.25) is 0 Å². The van der Waals surface area contributed by atoms with Gasteiger partial charge >= 0.3 is 0 Å². The zero-order valence-corrected chi connectivity index (χ0v) is 16.9. The number of sulfonamides is 1. The van der Waals surface area contributed by atoms with Crippen LogP contribution in [0.4, 0.5) is 11.4 Å². The van der Waals surface area contributed by atoms with Crippen molar-refractivity contribution >= 4 is 27.3 Å². The topological polar surface area (TPSA) is 109 Å². The highest BCUT2D eigenvalue weighted by Gasteiger charge is 2.56. The monoisotopic (exact) mass is 415 g/mol. The first-order valence-electron chi connectivity index (χ1n) is 9.68. The van der Waals surface area contributed by atoms with Crippen molar-refractivity contribution in [3.63, 3.8) is 0 Å². The molecule has 1 saturated heterocycles. The van der Waals surface area contributed by atoms with Crippen molar-refractivity contribution in [3.05, 3.63) is 54.4 Å². The largest absolute Gasteiger partial charge is 0.399 e. The lowest BCUT2D eigenvalue weighted by molar-refractivity contribution is 0.0980. The first kappa shape index (κ1) is 19.7. The van der Waals surface area contributed by atoms with Crippen LogP contribution < -0.4 is 15.4 Å². The summed E-state index contributed by atoms with van der Waals surface area (Å²) in [5.41, 5.74) is 7.56. The number of carbonyl (C=O) groups excluding carboxylic acids is 1. The number of anilines is 2. The Morgan fingerprint density at radius 2 is 1.66 bits per heavy atom. The Labute approximate surface area is 170 Å². The molecule has 1 aromatic heterocycles. The van der Waals surface area contributed by atoms with E-state index in [9.17, 15) is 13.2 Å². The third-order valence-corrected chi connectivity index (χ3v) is 7.82. The van der Waals surface area contributed by atoms with E-state index in [4.69, 9.17) is 5.73 Å². The molecule has 8 nitrogen and oxygen atoms in total. The Morgan fingerprint density at radius 1 is 1.03 bits per heavy atom. The molecule has 1 aromatic carbocycles. The Kier molecular flexibility index (Phi) is 5.18. The van der Waals surface area contributed by atoms with Gasteiger partial charge in [0.05, 0.1) is 0 Å². The van der Waals surface area contributed by atoms with Crippen LogP contribution in [0, 0.1) is 0 Å². The molecule has 0 spiro atoms. The molecule has 0 bridgehead atoms. The second-order valence-corrected chi connectivity index (χ2v) is 9.79. The highest BCUT2D eigenvalue weighted by molar-refractivity contribution is 7.91. The molecule has 1 amide bonds. The molecule has 0 radical (unpaired) electrons. The minimum Gasteiger partial charge on any atom is -0.399 e. The summed E-state index contributed by atoms with van der Waals surface area (Å²) in [4.78, 5) is 20.9. The lowest BCUT2D eigenvalue weighted by Gasteiger charge is -2.37. The Bertz CT molecular complexity index is 967. The molecule has 1 saturated carbocycles. The standard InChI is InChI=1S/C20H25N5O3S/c21-17-3-1-16(2-4-17)19(26)23-29(27,28)20(7-8-20)15-24-11-13-25(14-12-24)18-5-9-22-10-6-18/h1-6,9-10H,7-8,11-15,21H2,(H,23,26). The van der Waals surface area contributed by atoms with Crippen LogP contribution in [-0.4, -0.2) is 61.7 Å². The number of nitrogens with two attached hydrogens (primary N) is 1. The lowest BCUT2D eigenvalue weighted by atomic mass is 10.2. The van der Waals surface area contributed by atoms with Crippen LogP contribution in [-0.2, 0) is 10.0 Å². The number of rotatable bonds is 6. The second kappa shape index (κ2) is 7.64. The summed E-state index contributed by atoms with van der Waals surface area (Å²) in [6.45, 7) is 3.68. The third-order valence-electron chi connectivity index (χ3n) is 5.69. The van der Waals surface area contributed by atoms with Gasteiger partial charge in [-0.2, -0.15) is 0 Å². The number of nitrogens with one attached hydrogen (secondary N) is 1. The number of nitrogens with zero attached hydrogens (tertiary/aromatic N) is 3. The van der Waals surface area contributed by atoms with E-state index in [0.29, 0.717) is 25.1 Å². The van der Waals surface area contributed by atoms with Crippen LogP contribution in [0.1, 0.15) is 23.2 Å². The minimum atomic E-state index is -3.77. The van der Waals surface area contributed by atoms with E-state index in [2.05, 4.69) is 19.5 Å². The molecule has 2 aliphatic rings. The number of piperazine rings is 1. The molecule has 1 aliphatic carbocycles. The number of amides is 1. The maximum absolute atomic E-state index is 12.9. The molecule has 3 N–H and O–H groups in total. The van der Waals surface area contributed by atoms with Gasteiger partial charge in [0.15, 0.2) is 0 Å². The van der Waals surface area contributed by atoms with Crippen molar-refractivity contribution in [3.8, 4) is 0 Å². The quantitative estimate of drug-likeness (QED) is 0.680. The van der Waals surface area contributed by atoms with Crippen LogP contribution in [0.25, 0.3) is 0 Å². The average molecular weight is 416 g/mol. The summed E-state index contributed by atoms with van der Waals surface area (Å²) in [7, 11) is -3.77. The maximum Gasteiger partial charge on any atom is 0.264 e. The summed E-state index contributed by atoms with van der Waals surface area (Å²) in [6, 6.07) is 10.2. The van der Waals surface area contributed by atoms with Gasteiger partial charge in [-0.25, -0.2) is 13.1 Å². The van der Waals surface area contributed by atoms with Crippen LogP contribution in [0.15, 0.2) is 48.8 Å². The summed E-state index contributed by atoms with van der Waals surface area (Å²) >= 11 is 0. The van der Waals surface area contributed by atoms with E-state index >= 15 is 0 Å². The number of pyridine rings is 1. The van der Waals surface area contributed by atoms with Crippen molar-refractivity contribution in [2.75, 3.05) is 43.4 Å². The SMILES string of the molecule is Nc1ccc(C(=O)NS(=O)(=O)C2(CN3CCN(c4ccncc4)CC3)CC2)cc1. The maximum atomic E-state index is 12.9. The van der Waals surface area contributed by atoms with Crippen LogP contribution >= 0.6 is 0 Å².